The molecule has 0 saturated carbocycles. The number of benzene rings is 1. The molecule has 12 nitrogen and oxygen atoms in total. The van der Waals surface area contributed by atoms with E-state index >= 15 is 0 Å². The van der Waals surface area contributed by atoms with Gasteiger partial charge in [-0.05, 0) is 104 Å². The predicted molar refractivity (Wildman–Crippen MR) is 188 cm³/mol. The van der Waals surface area contributed by atoms with Crippen molar-refractivity contribution in [1.82, 2.24) is 25.9 Å². The summed E-state index contributed by atoms with van der Waals surface area (Å²) >= 11 is 0. The number of hydroxylamine groups is 2. The first kappa shape index (κ1) is 39.8. The Morgan fingerprint density at radius 1 is 1.02 bits per heavy atom. The lowest BCUT2D eigenvalue weighted by atomic mass is 9.79. The molecule has 49 heavy (non-hydrogen) atoms. The summed E-state index contributed by atoms with van der Waals surface area (Å²) in [5.41, 5.74) is -1.03. The summed E-state index contributed by atoms with van der Waals surface area (Å²) in [5, 5.41) is 30.8. The zero-order chi connectivity index (χ0) is 36.7. The van der Waals surface area contributed by atoms with E-state index in [2.05, 4.69) is 16.0 Å². The van der Waals surface area contributed by atoms with Crippen LogP contribution < -0.4 is 16.0 Å². The van der Waals surface area contributed by atoms with Crippen LogP contribution in [0.15, 0.2) is 36.4 Å². The molecule has 0 unspecified atom stereocenters. The van der Waals surface area contributed by atoms with Crippen LogP contribution in [0.2, 0.25) is 0 Å². The van der Waals surface area contributed by atoms with Crippen LogP contribution in [0, 0.1) is 5.92 Å². The van der Waals surface area contributed by atoms with Crippen LogP contribution in [0.25, 0.3) is 0 Å². The third-order valence-electron chi connectivity index (χ3n) is 8.96. The molecule has 2 aliphatic rings. The van der Waals surface area contributed by atoms with Crippen LogP contribution in [-0.2, 0) is 25.5 Å². The second kappa shape index (κ2) is 16.4. The van der Waals surface area contributed by atoms with Crippen LogP contribution in [0.5, 0.6) is 5.75 Å². The largest absolute Gasteiger partial charge is 0.508 e. The van der Waals surface area contributed by atoms with E-state index in [0.717, 1.165) is 5.56 Å². The average molecular weight is 686 g/mol. The molecule has 0 spiro atoms. The van der Waals surface area contributed by atoms with Gasteiger partial charge in [0.05, 0.1) is 6.04 Å². The number of alkyl carbamates (subject to hydrolysis) is 1. The second-order valence-corrected chi connectivity index (χ2v) is 16.2. The van der Waals surface area contributed by atoms with Gasteiger partial charge in [-0.1, -0.05) is 38.1 Å². The SMILES string of the molecule is CC(C)C[C@@H](/C=C/CC(=O)N1CCC[C@H]1C(=O)N[C@@H](Cc1ccc(O)cc1)C(=O)NC1CC(C)(C)N(O)C(C)(C)C1)NC(=O)OC(C)(C)C. The Kier molecular flexibility index (Phi) is 13.3. The molecular formula is C37H59N5O7. The normalized spacial score (nSPS) is 21.0. The fourth-order valence-electron chi connectivity index (χ4n) is 6.96. The molecule has 4 amide bonds. The highest BCUT2D eigenvalue weighted by atomic mass is 16.6. The maximum Gasteiger partial charge on any atom is 0.408 e. The summed E-state index contributed by atoms with van der Waals surface area (Å²) in [6.45, 7) is 17.6. The number of aromatic hydroxyl groups is 1. The van der Waals surface area contributed by atoms with Crippen molar-refractivity contribution >= 4 is 23.8 Å². The number of nitrogens with one attached hydrogen (secondary N) is 3. The first-order valence-electron chi connectivity index (χ1n) is 17.5. The van der Waals surface area contributed by atoms with Crippen molar-refractivity contribution in [2.45, 2.75) is 148 Å². The Morgan fingerprint density at radius 3 is 2.20 bits per heavy atom. The number of nitrogens with zero attached hydrogens (tertiary/aromatic N) is 2. The number of carbonyl (C=O) groups is 4. The molecule has 12 heteroatoms. The van der Waals surface area contributed by atoms with Gasteiger partial charge in [0.1, 0.15) is 23.4 Å². The fraction of sp³-hybridized carbons (Fsp3) is 0.676. The molecule has 0 radical (unpaired) electrons. The highest BCUT2D eigenvalue weighted by Gasteiger charge is 2.46. The number of hydrogen-bond acceptors (Lipinski definition) is 8. The summed E-state index contributed by atoms with van der Waals surface area (Å²) in [6.07, 6.45) is 6.07. The minimum atomic E-state index is -0.927. The first-order chi connectivity index (χ1) is 22.7. The zero-order valence-electron chi connectivity index (χ0n) is 30.8. The van der Waals surface area contributed by atoms with Gasteiger partial charge < -0.3 is 35.9 Å². The fourth-order valence-corrected chi connectivity index (χ4v) is 6.96. The van der Waals surface area contributed by atoms with E-state index in [1.54, 1.807) is 50.0 Å². The third-order valence-corrected chi connectivity index (χ3v) is 8.96. The van der Waals surface area contributed by atoms with Crippen molar-refractivity contribution in [2.75, 3.05) is 6.54 Å². The summed E-state index contributed by atoms with van der Waals surface area (Å²) in [5.74, 6) is -0.576. The summed E-state index contributed by atoms with van der Waals surface area (Å²) < 4.78 is 5.40. The van der Waals surface area contributed by atoms with E-state index in [9.17, 15) is 29.5 Å². The molecule has 2 fully saturated rings. The zero-order valence-corrected chi connectivity index (χ0v) is 30.8. The molecule has 5 N–H and O–H groups in total. The summed E-state index contributed by atoms with van der Waals surface area (Å²) in [6, 6.07) is 4.28. The van der Waals surface area contributed by atoms with Crippen molar-refractivity contribution < 1.29 is 34.2 Å². The van der Waals surface area contributed by atoms with Crippen molar-refractivity contribution in [1.29, 1.82) is 0 Å². The molecular weight excluding hydrogens is 626 g/mol. The minimum absolute atomic E-state index is 0.0565. The molecule has 0 aliphatic carbocycles. The smallest absolute Gasteiger partial charge is 0.408 e. The number of piperidine rings is 1. The first-order valence-corrected chi connectivity index (χ1v) is 17.5. The average Bonchev–Trinajstić information content (AvgIpc) is 3.45. The number of likely N-dealkylation sites (tertiary alicyclic amines) is 1. The van der Waals surface area contributed by atoms with Gasteiger partial charge in [0, 0.05) is 36.5 Å². The molecule has 3 rings (SSSR count). The lowest BCUT2D eigenvalue weighted by Gasteiger charge is -2.51. The van der Waals surface area contributed by atoms with Crippen LogP contribution in [0.4, 0.5) is 4.79 Å². The van der Waals surface area contributed by atoms with E-state index in [1.807, 2.05) is 41.5 Å². The summed E-state index contributed by atoms with van der Waals surface area (Å²) in [4.78, 5) is 54.9. The van der Waals surface area contributed by atoms with E-state index in [4.69, 9.17) is 4.74 Å². The molecule has 2 saturated heterocycles. The van der Waals surface area contributed by atoms with Crippen molar-refractivity contribution in [3.05, 3.63) is 42.0 Å². The van der Waals surface area contributed by atoms with E-state index < -0.39 is 40.8 Å². The predicted octanol–water partition coefficient (Wildman–Crippen LogP) is 4.82. The molecule has 1 aromatic rings. The van der Waals surface area contributed by atoms with E-state index in [-0.39, 0.29) is 42.5 Å². The molecule has 2 heterocycles. The minimum Gasteiger partial charge on any atom is -0.508 e. The number of ether oxygens (including phenoxy) is 1. The van der Waals surface area contributed by atoms with Crippen LogP contribution >= 0.6 is 0 Å². The van der Waals surface area contributed by atoms with Gasteiger partial charge in [-0.2, -0.15) is 5.06 Å². The molecule has 3 atom stereocenters. The van der Waals surface area contributed by atoms with Gasteiger partial charge in [-0.15, -0.1) is 0 Å². The van der Waals surface area contributed by atoms with Gasteiger partial charge in [0.15, 0.2) is 0 Å². The van der Waals surface area contributed by atoms with Crippen molar-refractivity contribution in [3.63, 3.8) is 0 Å². The van der Waals surface area contributed by atoms with Gasteiger partial charge >= 0.3 is 6.09 Å². The number of rotatable bonds is 12. The molecule has 0 aromatic heterocycles. The maximum atomic E-state index is 13.8. The van der Waals surface area contributed by atoms with Crippen molar-refractivity contribution in [2.24, 2.45) is 5.92 Å². The van der Waals surface area contributed by atoms with E-state index in [1.165, 1.54) is 17.2 Å². The highest BCUT2D eigenvalue weighted by Crippen LogP contribution is 2.36. The lowest BCUT2D eigenvalue weighted by Crippen LogP contribution is -2.64. The maximum absolute atomic E-state index is 13.8. The molecule has 0 bridgehead atoms. The summed E-state index contributed by atoms with van der Waals surface area (Å²) in [7, 11) is 0. The monoisotopic (exact) mass is 685 g/mol. The molecule has 274 valence electrons. The number of amides is 4. The third kappa shape index (κ3) is 12.0. The Hall–Kier alpha value is -3.64. The Bertz CT molecular complexity index is 1320. The van der Waals surface area contributed by atoms with E-state index in [0.29, 0.717) is 44.6 Å². The molecule has 2 aliphatic heterocycles. The van der Waals surface area contributed by atoms with Crippen LogP contribution in [0.3, 0.4) is 0 Å². The number of phenols is 1. The van der Waals surface area contributed by atoms with Crippen molar-refractivity contribution in [3.8, 4) is 5.75 Å². The standard InChI is InChI=1S/C37H59N5O7/c1-24(2)20-26(39-34(47)49-35(3,4)5)12-10-14-31(44)41-19-11-13-30(41)33(46)40-29(21-25-15-17-28(43)18-16-25)32(45)38-27-22-36(6,7)42(48)37(8,9)23-27/h10,12,15-18,24,26-27,29-30,43,48H,11,13-14,19-23H2,1-9H3,(H,38,45)(H,39,47)(H,40,46)/b12-10+/t26-,29+,30+/m1/s1. The Morgan fingerprint density at radius 2 is 1.63 bits per heavy atom. The molecule has 1 aromatic carbocycles. The topological polar surface area (TPSA) is 161 Å². The van der Waals surface area contributed by atoms with Gasteiger partial charge in [-0.25, -0.2) is 4.79 Å². The Balaban J connectivity index is 1.70. The lowest BCUT2D eigenvalue weighted by molar-refractivity contribution is -0.246. The van der Waals surface area contributed by atoms with Gasteiger partial charge in [0.25, 0.3) is 0 Å². The van der Waals surface area contributed by atoms with Crippen LogP contribution in [-0.4, -0.2) is 91.5 Å². The number of hydrogen-bond donors (Lipinski definition) is 5. The number of phenolic OH excluding ortho intramolecular Hbond substituents is 1. The second-order valence-electron chi connectivity index (χ2n) is 16.2. The van der Waals surface area contributed by atoms with Gasteiger partial charge in [0.2, 0.25) is 17.7 Å². The van der Waals surface area contributed by atoms with Crippen LogP contribution in [0.1, 0.15) is 106 Å². The number of carbonyl (C=O) groups excluding carboxylic acids is 4. The highest BCUT2D eigenvalue weighted by molar-refractivity contribution is 5.93. The quantitative estimate of drug-likeness (QED) is 0.196. The van der Waals surface area contributed by atoms with Gasteiger partial charge in [-0.3, -0.25) is 14.4 Å². The Labute approximate surface area is 292 Å².